The first-order valence-corrected chi connectivity index (χ1v) is 11.1. The van der Waals surface area contributed by atoms with Crippen molar-refractivity contribution in [2.75, 3.05) is 12.4 Å². The standard InChI is InChI=1S/C21H22ClN3O4S/c1-13(2)19(21(26)24-15-9-10-17(29-3)16(22)12-15)25-30(27,28)18-8-4-6-14-7-5-11-23-20(14)18/h4-13,19,25H,1-3H3,(H,24,26)/t19-/m1/s1. The number of pyridine rings is 1. The third-order valence-electron chi connectivity index (χ3n) is 4.54. The molecule has 2 N–H and O–H groups in total. The Morgan fingerprint density at radius 2 is 1.87 bits per heavy atom. The van der Waals surface area contributed by atoms with Gasteiger partial charge in [0.2, 0.25) is 15.9 Å². The maximum absolute atomic E-state index is 13.1. The van der Waals surface area contributed by atoms with Crippen molar-refractivity contribution < 1.29 is 17.9 Å². The van der Waals surface area contributed by atoms with Gasteiger partial charge in [-0.25, -0.2) is 8.42 Å². The van der Waals surface area contributed by atoms with Gasteiger partial charge in [0.25, 0.3) is 0 Å². The van der Waals surface area contributed by atoms with Crippen LogP contribution in [-0.4, -0.2) is 32.5 Å². The molecule has 0 unspecified atom stereocenters. The van der Waals surface area contributed by atoms with E-state index in [0.29, 0.717) is 27.4 Å². The highest BCUT2D eigenvalue weighted by Crippen LogP contribution is 2.27. The van der Waals surface area contributed by atoms with Crippen molar-refractivity contribution in [3.8, 4) is 5.75 Å². The lowest BCUT2D eigenvalue weighted by Crippen LogP contribution is -2.47. The minimum atomic E-state index is -4.01. The first-order chi connectivity index (χ1) is 14.2. The maximum Gasteiger partial charge on any atom is 0.243 e. The number of hydrogen-bond acceptors (Lipinski definition) is 5. The topological polar surface area (TPSA) is 97.4 Å². The number of para-hydroxylation sites is 1. The zero-order valence-corrected chi connectivity index (χ0v) is 18.3. The Kier molecular flexibility index (Phi) is 6.60. The molecule has 0 spiro atoms. The summed E-state index contributed by atoms with van der Waals surface area (Å²) in [5, 5.41) is 3.73. The number of nitrogens with one attached hydrogen (secondary N) is 2. The Morgan fingerprint density at radius 3 is 2.53 bits per heavy atom. The van der Waals surface area contributed by atoms with Crippen LogP contribution in [-0.2, 0) is 14.8 Å². The van der Waals surface area contributed by atoms with Crippen molar-refractivity contribution in [3.63, 3.8) is 0 Å². The normalized spacial score (nSPS) is 12.7. The molecule has 1 atom stereocenters. The number of benzene rings is 2. The van der Waals surface area contributed by atoms with Gasteiger partial charge >= 0.3 is 0 Å². The van der Waals surface area contributed by atoms with E-state index in [9.17, 15) is 13.2 Å². The average molecular weight is 448 g/mol. The smallest absolute Gasteiger partial charge is 0.243 e. The minimum Gasteiger partial charge on any atom is -0.495 e. The molecule has 9 heteroatoms. The number of sulfonamides is 1. The molecule has 0 saturated carbocycles. The van der Waals surface area contributed by atoms with Gasteiger partial charge in [-0.05, 0) is 36.2 Å². The molecule has 3 aromatic rings. The number of anilines is 1. The van der Waals surface area contributed by atoms with Gasteiger partial charge in [0.05, 0.1) is 17.6 Å². The molecule has 158 valence electrons. The van der Waals surface area contributed by atoms with Crippen LogP contribution in [0.2, 0.25) is 5.02 Å². The van der Waals surface area contributed by atoms with E-state index < -0.39 is 22.0 Å². The molecular formula is C21H22ClN3O4S. The van der Waals surface area contributed by atoms with Crippen molar-refractivity contribution in [2.24, 2.45) is 5.92 Å². The number of halogens is 1. The molecule has 3 rings (SSSR count). The van der Waals surface area contributed by atoms with Crippen molar-refractivity contribution in [3.05, 3.63) is 59.8 Å². The molecule has 0 fully saturated rings. The van der Waals surface area contributed by atoms with Crippen LogP contribution in [0, 0.1) is 5.92 Å². The fraction of sp³-hybridized carbons (Fsp3) is 0.238. The lowest BCUT2D eigenvalue weighted by molar-refractivity contribution is -0.118. The molecule has 0 saturated heterocycles. The second kappa shape index (κ2) is 8.99. The van der Waals surface area contributed by atoms with Crippen LogP contribution in [0.15, 0.2) is 59.6 Å². The number of nitrogens with zero attached hydrogens (tertiary/aromatic N) is 1. The third kappa shape index (κ3) is 4.72. The largest absolute Gasteiger partial charge is 0.495 e. The van der Waals surface area contributed by atoms with Gasteiger partial charge in [-0.3, -0.25) is 9.78 Å². The summed E-state index contributed by atoms with van der Waals surface area (Å²) >= 11 is 6.10. The maximum atomic E-state index is 13.1. The monoisotopic (exact) mass is 447 g/mol. The Labute approximate surface area is 180 Å². The van der Waals surface area contributed by atoms with Crippen LogP contribution < -0.4 is 14.8 Å². The van der Waals surface area contributed by atoms with E-state index in [1.165, 1.54) is 19.4 Å². The number of carbonyl (C=O) groups is 1. The number of carbonyl (C=O) groups excluding carboxylic acids is 1. The molecule has 0 radical (unpaired) electrons. The van der Waals surface area contributed by atoms with Crippen molar-refractivity contribution in [1.29, 1.82) is 0 Å². The van der Waals surface area contributed by atoms with E-state index in [2.05, 4.69) is 15.0 Å². The Hall–Kier alpha value is -2.68. The summed E-state index contributed by atoms with van der Waals surface area (Å²) in [5.41, 5.74) is 0.778. The third-order valence-corrected chi connectivity index (χ3v) is 6.30. The zero-order valence-electron chi connectivity index (χ0n) is 16.7. The van der Waals surface area contributed by atoms with E-state index in [4.69, 9.17) is 16.3 Å². The van der Waals surface area contributed by atoms with Crippen molar-refractivity contribution in [1.82, 2.24) is 9.71 Å². The number of fused-ring (bicyclic) bond motifs is 1. The molecule has 7 nitrogen and oxygen atoms in total. The summed E-state index contributed by atoms with van der Waals surface area (Å²) in [6.07, 6.45) is 1.53. The molecular weight excluding hydrogens is 426 g/mol. The molecule has 2 aromatic carbocycles. The molecule has 1 amide bonds. The van der Waals surface area contributed by atoms with Crippen molar-refractivity contribution in [2.45, 2.75) is 24.8 Å². The van der Waals surface area contributed by atoms with Gasteiger partial charge in [-0.2, -0.15) is 4.72 Å². The van der Waals surface area contributed by atoms with Crippen molar-refractivity contribution >= 4 is 44.1 Å². The highest BCUT2D eigenvalue weighted by Gasteiger charge is 2.29. The van der Waals surface area contributed by atoms with Crippen LogP contribution in [0.1, 0.15) is 13.8 Å². The second-order valence-corrected chi connectivity index (χ2v) is 9.10. The van der Waals surface area contributed by atoms with E-state index in [-0.39, 0.29) is 10.8 Å². The number of rotatable bonds is 7. The van der Waals surface area contributed by atoms with Gasteiger partial charge in [-0.1, -0.05) is 43.6 Å². The molecule has 1 aromatic heterocycles. The van der Waals surface area contributed by atoms with E-state index in [0.717, 1.165) is 0 Å². The molecule has 0 aliphatic heterocycles. The van der Waals surface area contributed by atoms with Gasteiger partial charge < -0.3 is 10.1 Å². The minimum absolute atomic E-state index is 0.0199. The highest BCUT2D eigenvalue weighted by molar-refractivity contribution is 7.89. The zero-order chi connectivity index (χ0) is 21.9. The van der Waals surface area contributed by atoms with Gasteiger partial charge in [0.15, 0.2) is 0 Å². The summed E-state index contributed by atoms with van der Waals surface area (Å²) in [6, 6.07) is 12.2. The molecule has 0 bridgehead atoms. The van der Waals surface area contributed by atoms with Crippen LogP contribution in [0.4, 0.5) is 5.69 Å². The number of aromatic nitrogens is 1. The molecule has 30 heavy (non-hydrogen) atoms. The van der Waals surface area contributed by atoms with Crippen LogP contribution in [0.3, 0.4) is 0 Å². The summed E-state index contributed by atoms with van der Waals surface area (Å²) < 4.78 is 33.8. The predicted octanol–water partition coefficient (Wildman–Crippen LogP) is 3.84. The first kappa shape index (κ1) is 22.0. The van der Waals surface area contributed by atoms with Crippen LogP contribution >= 0.6 is 11.6 Å². The summed E-state index contributed by atoms with van der Waals surface area (Å²) in [5.74, 6) is -0.335. The summed E-state index contributed by atoms with van der Waals surface area (Å²) in [4.78, 5) is 17.1. The number of methoxy groups -OCH3 is 1. The highest BCUT2D eigenvalue weighted by atomic mass is 35.5. The average Bonchev–Trinajstić information content (AvgIpc) is 2.71. The quantitative estimate of drug-likeness (QED) is 0.573. The van der Waals surface area contributed by atoms with E-state index >= 15 is 0 Å². The lowest BCUT2D eigenvalue weighted by Gasteiger charge is -2.22. The Bertz CT molecular complexity index is 1180. The molecule has 0 aliphatic rings. The van der Waals surface area contributed by atoms with Gasteiger partial charge in [0, 0.05) is 17.3 Å². The fourth-order valence-electron chi connectivity index (χ4n) is 2.98. The molecule has 1 heterocycles. The Balaban J connectivity index is 1.87. The van der Waals surface area contributed by atoms with Crippen LogP contribution in [0.25, 0.3) is 10.9 Å². The SMILES string of the molecule is COc1ccc(NC(=O)[C@H](NS(=O)(=O)c2cccc3cccnc23)C(C)C)cc1Cl. The Morgan fingerprint density at radius 1 is 1.13 bits per heavy atom. The van der Waals surface area contributed by atoms with Crippen LogP contribution in [0.5, 0.6) is 5.75 Å². The summed E-state index contributed by atoms with van der Waals surface area (Å²) in [7, 11) is -2.52. The van der Waals surface area contributed by atoms with E-state index in [1.54, 1.807) is 56.3 Å². The summed E-state index contributed by atoms with van der Waals surface area (Å²) in [6.45, 7) is 3.52. The lowest BCUT2D eigenvalue weighted by atomic mass is 10.0. The molecule has 0 aliphatic carbocycles. The van der Waals surface area contributed by atoms with E-state index in [1.807, 2.05) is 0 Å². The van der Waals surface area contributed by atoms with Gasteiger partial charge in [-0.15, -0.1) is 0 Å². The second-order valence-electron chi connectivity index (χ2n) is 7.01. The number of hydrogen-bond donors (Lipinski definition) is 2. The first-order valence-electron chi connectivity index (χ1n) is 9.23. The number of amides is 1. The number of ether oxygens (including phenoxy) is 1. The predicted molar refractivity (Wildman–Crippen MR) is 117 cm³/mol. The van der Waals surface area contributed by atoms with Gasteiger partial charge in [0.1, 0.15) is 16.7 Å². The fourth-order valence-corrected chi connectivity index (χ4v) is 4.76.